The molecule has 0 unspecified atom stereocenters. The number of anilines is 2. The summed E-state index contributed by atoms with van der Waals surface area (Å²) >= 11 is 0. The Hall–Kier alpha value is -3.34. The first kappa shape index (κ1) is 20.9. The Kier molecular flexibility index (Phi) is 6.21. The quantitative estimate of drug-likeness (QED) is 0.577. The third-order valence-electron chi connectivity index (χ3n) is 5.58. The van der Waals surface area contributed by atoms with Gasteiger partial charge in [0.2, 0.25) is 5.91 Å². The van der Waals surface area contributed by atoms with Crippen LogP contribution in [0.1, 0.15) is 32.3 Å². The van der Waals surface area contributed by atoms with Crippen molar-refractivity contribution in [3.8, 4) is 5.75 Å². The first-order chi connectivity index (χ1) is 15.0. The average Bonchev–Trinajstić information content (AvgIpc) is 2.77. The summed E-state index contributed by atoms with van der Waals surface area (Å²) in [7, 11) is 0. The molecule has 0 fully saturated rings. The molecule has 0 saturated heterocycles. The lowest BCUT2D eigenvalue weighted by atomic mass is 9.99. The number of amides is 2. The van der Waals surface area contributed by atoms with E-state index in [4.69, 9.17) is 4.74 Å². The highest BCUT2D eigenvalue weighted by Gasteiger charge is 2.24. The minimum absolute atomic E-state index is 0.0611. The van der Waals surface area contributed by atoms with E-state index < -0.39 is 0 Å². The fraction of sp³-hybridized carbons (Fsp3) is 0.308. The van der Waals surface area contributed by atoms with Crippen molar-refractivity contribution in [1.29, 1.82) is 0 Å². The number of benzene rings is 3. The minimum Gasteiger partial charge on any atom is -0.484 e. The van der Waals surface area contributed by atoms with Crippen molar-refractivity contribution >= 4 is 34.0 Å². The van der Waals surface area contributed by atoms with Gasteiger partial charge in [0.05, 0.1) is 0 Å². The van der Waals surface area contributed by atoms with Crippen molar-refractivity contribution in [2.24, 2.45) is 5.92 Å². The number of hydrogen-bond acceptors (Lipinski definition) is 3. The monoisotopic (exact) mass is 416 g/mol. The van der Waals surface area contributed by atoms with Gasteiger partial charge in [0.25, 0.3) is 5.91 Å². The molecule has 1 N–H and O–H groups in total. The van der Waals surface area contributed by atoms with Gasteiger partial charge >= 0.3 is 0 Å². The van der Waals surface area contributed by atoms with Crippen LogP contribution in [-0.4, -0.2) is 25.0 Å². The lowest BCUT2D eigenvalue weighted by molar-refractivity contribution is -0.119. The number of nitrogens with zero attached hydrogens (tertiary/aromatic N) is 1. The van der Waals surface area contributed by atoms with Gasteiger partial charge in [-0.3, -0.25) is 9.59 Å². The molecule has 2 amide bonds. The third kappa shape index (κ3) is 5.05. The Morgan fingerprint density at radius 1 is 1.03 bits per heavy atom. The maximum Gasteiger partial charge on any atom is 0.262 e. The zero-order valence-electron chi connectivity index (χ0n) is 18.1. The van der Waals surface area contributed by atoms with Gasteiger partial charge in [-0.2, -0.15) is 0 Å². The lowest BCUT2D eigenvalue weighted by Gasteiger charge is -2.30. The van der Waals surface area contributed by atoms with Gasteiger partial charge in [0.1, 0.15) is 5.75 Å². The zero-order valence-corrected chi connectivity index (χ0v) is 18.1. The van der Waals surface area contributed by atoms with Crippen LogP contribution in [-0.2, 0) is 16.0 Å². The van der Waals surface area contributed by atoms with Crippen molar-refractivity contribution in [3.05, 3.63) is 66.2 Å². The molecule has 5 heteroatoms. The highest BCUT2D eigenvalue weighted by molar-refractivity contribution is 5.98. The molecule has 1 aliphatic rings. The molecule has 1 heterocycles. The van der Waals surface area contributed by atoms with Gasteiger partial charge in [-0.1, -0.05) is 44.2 Å². The number of nitrogens with one attached hydrogen (secondary N) is 1. The zero-order chi connectivity index (χ0) is 21.8. The van der Waals surface area contributed by atoms with Crippen LogP contribution >= 0.6 is 0 Å². The molecule has 0 bridgehead atoms. The van der Waals surface area contributed by atoms with Gasteiger partial charge in [0.15, 0.2) is 6.61 Å². The summed E-state index contributed by atoms with van der Waals surface area (Å²) in [5, 5.41) is 5.12. The SMILES string of the molecule is CC(C)CCN1C(=O)CCc2cc(NC(=O)COc3ccc4ccccc4c3)ccc21. The molecular weight excluding hydrogens is 388 g/mol. The van der Waals surface area contributed by atoms with Crippen LogP contribution in [0.15, 0.2) is 60.7 Å². The Bertz CT molecular complexity index is 1110. The summed E-state index contributed by atoms with van der Waals surface area (Å²) in [6.45, 7) is 4.99. The number of rotatable bonds is 7. The maximum atomic E-state index is 12.4. The topological polar surface area (TPSA) is 58.6 Å². The van der Waals surface area contributed by atoms with E-state index in [1.807, 2.05) is 65.6 Å². The van der Waals surface area contributed by atoms with Crippen LogP contribution in [0.25, 0.3) is 10.8 Å². The van der Waals surface area contributed by atoms with Crippen LogP contribution < -0.4 is 15.0 Å². The van der Waals surface area contributed by atoms with Gasteiger partial charge in [0, 0.05) is 24.3 Å². The van der Waals surface area contributed by atoms with Crippen LogP contribution in [0.4, 0.5) is 11.4 Å². The number of fused-ring (bicyclic) bond motifs is 2. The predicted molar refractivity (Wildman–Crippen MR) is 125 cm³/mol. The van der Waals surface area contributed by atoms with Crippen molar-refractivity contribution in [1.82, 2.24) is 0 Å². The molecule has 0 atom stereocenters. The van der Waals surface area contributed by atoms with Crippen LogP contribution in [0.3, 0.4) is 0 Å². The van der Waals surface area contributed by atoms with E-state index in [1.165, 1.54) is 0 Å². The Morgan fingerprint density at radius 2 is 1.84 bits per heavy atom. The summed E-state index contributed by atoms with van der Waals surface area (Å²) in [5.74, 6) is 1.17. The second-order valence-corrected chi connectivity index (χ2v) is 8.42. The van der Waals surface area contributed by atoms with Crippen molar-refractivity contribution in [2.45, 2.75) is 33.1 Å². The third-order valence-corrected chi connectivity index (χ3v) is 5.58. The standard InChI is InChI=1S/C26H28N2O3/c1-18(2)13-14-28-24-11-9-22(15-21(24)8-12-26(28)30)27-25(29)17-31-23-10-7-19-5-3-4-6-20(19)16-23/h3-7,9-11,15-16,18H,8,12-14,17H2,1-2H3,(H,27,29). The first-order valence-electron chi connectivity index (χ1n) is 10.8. The molecule has 0 saturated carbocycles. The summed E-state index contributed by atoms with van der Waals surface area (Å²) in [4.78, 5) is 26.7. The van der Waals surface area contributed by atoms with E-state index in [2.05, 4.69) is 19.2 Å². The van der Waals surface area contributed by atoms with Crippen molar-refractivity contribution in [3.63, 3.8) is 0 Å². The molecule has 0 aliphatic carbocycles. The molecule has 0 radical (unpaired) electrons. The smallest absolute Gasteiger partial charge is 0.262 e. The summed E-state index contributed by atoms with van der Waals surface area (Å²) in [6.07, 6.45) is 2.17. The molecule has 5 nitrogen and oxygen atoms in total. The first-order valence-corrected chi connectivity index (χ1v) is 10.8. The minimum atomic E-state index is -0.211. The van der Waals surface area contributed by atoms with Crippen molar-refractivity contribution in [2.75, 3.05) is 23.4 Å². The summed E-state index contributed by atoms with van der Waals surface area (Å²) in [6, 6.07) is 19.6. The molecule has 3 aromatic carbocycles. The van der Waals surface area contributed by atoms with Crippen LogP contribution in [0.5, 0.6) is 5.75 Å². The molecular formula is C26H28N2O3. The van der Waals surface area contributed by atoms with Crippen LogP contribution in [0.2, 0.25) is 0 Å². The molecule has 31 heavy (non-hydrogen) atoms. The fourth-order valence-electron chi connectivity index (χ4n) is 3.87. The van der Waals surface area contributed by atoms with E-state index in [1.54, 1.807) is 0 Å². The average molecular weight is 417 g/mol. The van der Waals surface area contributed by atoms with Crippen LogP contribution in [0, 0.1) is 5.92 Å². The Balaban J connectivity index is 1.38. The van der Waals surface area contributed by atoms with Gasteiger partial charge in [-0.05, 0) is 65.4 Å². The number of aryl methyl sites for hydroxylation is 1. The molecule has 160 valence electrons. The molecule has 1 aliphatic heterocycles. The van der Waals surface area contributed by atoms with Crippen molar-refractivity contribution < 1.29 is 14.3 Å². The number of hydrogen-bond donors (Lipinski definition) is 1. The maximum absolute atomic E-state index is 12.4. The molecule has 0 aromatic heterocycles. The highest BCUT2D eigenvalue weighted by Crippen LogP contribution is 2.31. The van der Waals surface area contributed by atoms with Gasteiger partial charge in [-0.25, -0.2) is 0 Å². The summed E-state index contributed by atoms with van der Waals surface area (Å²) in [5.41, 5.74) is 2.78. The highest BCUT2D eigenvalue weighted by atomic mass is 16.5. The van der Waals surface area contributed by atoms with E-state index >= 15 is 0 Å². The molecule has 4 rings (SSSR count). The molecule has 3 aromatic rings. The van der Waals surface area contributed by atoms with E-state index in [9.17, 15) is 9.59 Å². The number of ether oxygens (including phenoxy) is 1. The largest absolute Gasteiger partial charge is 0.484 e. The number of carbonyl (C=O) groups excluding carboxylic acids is 2. The second-order valence-electron chi connectivity index (χ2n) is 8.42. The predicted octanol–water partition coefficient (Wildman–Crippen LogP) is 5.18. The normalized spacial score (nSPS) is 13.4. The Labute approximate surface area is 183 Å². The Morgan fingerprint density at radius 3 is 2.65 bits per heavy atom. The number of carbonyl (C=O) groups is 2. The van der Waals surface area contributed by atoms with Gasteiger partial charge < -0.3 is 15.0 Å². The van der Waals surface area contributed by atoms with E-state index in [-0.39, 0.29) is 18.4 Å². The lowest BCUT2D eigenvalue weighted by Crippen LogP contribution is -2.36. The summed E-state index contributed by atoms with van der Waals surface area (Å²) < 4.78 is 5.68. The van der Waals surface area contributed by atoms with E-state index in [0.29, 0.717) is 24.5 Å². The second kappa shape index (κ2) is 9.21. The van der Waals surface area contributed by atoms with Gasteiger partial charge in [-0.15, -0.1) is 0 Å². The molecule has 0 spiro atoms. The van der Waals surface area contributed by atoms with E-state index in [0.717, 1.165) is 40.7 Å². The fourth-order valence-corrected chi connectivity index (χ4v) is 3.87.